The number of aliphatic carboxylic acids is 2. The fourth-order valence-electron chi connectivity index (χ4n) is 1.06. The lowest BCUT2D eigenvalue weighted by atomic mass is 10.1. The van der Waals surface area contributed by atoms with Gasteiger partial charge in [-0.05, 0) is 26.0 Å². The van der Waals surface area contributed by atoms with Crippen LogP contribution in [0, 0.1) is 0 Å². The first-order chi connectivity index (χ1) is 12.0. The summed E-state index contributed by atoms with van der Waals surface area (Å²) in [6.45, 7) is 1.82. The summed E-state index contributed by atoms with van der Waals surface area (Å²) in [4.78, 5) is 20.1. The van der Waals surface area contributed by atoms with Crippen LogP contribution < -0.4 is 0 Å². The molecule has 0 saturated carbocycles. The van der Waals surface area contributed by atoms with E-state index in [9.17, 15) is 49.1 Å². The van der Waals surface area contributed by atoms with Gasteiger partial charge in [0.25, 0.3) is 6.43 Å². The normalized spacial score (nSPS) is 16.5. The summed E-state index contributed by atoms with van der Waals surface area (Å²) < 4.78 is 108. The van der Waals surface area contributed by atoms with Gasteiger partial charge >= 0.3 is 24.3 Å². The Bertz CT molecular complexity index is 561. The highest BCUT2D eigenvalue weighted by atomic mass is 19.3. The molecule has 0 heterocycles. The summed E-state index contributed by atoms with van der Waals surface area (Å²) in [7, 11) is 0. The molecule has 0 aromatic rings. The molecule has 4 nitrogen and oxygen atoms in total. The molecule has 0 saturated heterocycles. The quantitative estimate of drug-likeness (QED) is 0.458. The van der Waals surface area contributed by atoms with Crippen LogP contribution in [-0.2, 0) is 9.59 Å². The van der Waals surface area contributed by atoms with Crippen molar-refractivity contribution in [1.82, 2.24) is 0 Å². The van der Waals surface area contributed by atoms with E-state index in [4.69, 9.17) is 10.2 Å². The molecule has 0 rings (SSSR count). The maximum Gasteiger partial charge on any atom is 0.341 e. The third-order valence-corrected chi connectivity index (χ3v) is 2.68. The molecule has 0 aromatic heterocycles. The number of carboxylic acid groups (broad SMARTS) is 2. The van der Waals surface area contributed by atoms with Crippen LogP contribution in [0.3, 0.4) is 0 Å². The zero-order chi connectivity index (χ0) is 22.1. The fraction of sp³-hybridized carbons (Fsp3) is 0.571. The Morgan fingerprint density at radius 2 is 1.19 bits per heavy atom. The van der Waals surface area contributed by atoms with E-state index in [1.54, 1.807) is 0 Å². The summed E-state index contributed by atoms with van der Waals surface area (Å²) in [5.74, 6) is -7.97. The summed E-state index contributed by atoms with van der Waals surface area (Å²) in [5, 5.41) is 16.4. The Kier molecular flexibility index (Phi) is 11.5. The molecule has 158 valence electrons. The maximum atomic E-state index is 12.5. The van der Waals surface area contributed by atoms with Gasteiger partial charge in [-0.3, -0.25) is 0 Å². The van der Waals surface area contributed by atoms with Crippen LogP contribution in [0.1, 0.15) is 13.8 Å². The van der Waals surface area contributed by atoms with E-state index in [0.29, 0.717) is 6.08 Å². The number of carbonyl (C=O) groups is 2. The number of halogens is 9. The van der Waals surface area contributed by atoms with Crippen LogP contribution in [0.5, 0.6) is 0 Å². The van der Waals surface area contributed by atoms with Gasteiger partial charge in [0.1, 0.15) is 0 Å². The highest BCUT2D eigenvalue weighted by Gasteiger charge is 2.48. The highest BCUT2D eigenvalue weighted by molar-refractivity contribution is 5.86. The molecule has 0 radical (unpaired) electrons. The average molecular weight is 418 g/mol. The van der Waals surface area contributed by atoms with Crippen molar-refractivity contribution in [3.05, 3.63) is 23.3 Å². The number of alkyl halides is 9. The van der Waals surface area contributed by atoms with Gasteiger partial charge in [-0.25, -0.2) is 40.3 Å². The fourth-order valence-corrected chi connectivity index (χ4v) is 1.06. The Morgan fingerprint density at radius 3 is 1.48 bits per heavy atom. The zero-order valence-corrected chi connectivity index (χ0v) is 13.7. The molecular formula is C14H15F9O4. The topological polar surface area (TPSA) is 74.6 Å². The van der Waals surface area contributed by atoms with Gasteiger partial charge in [-0.2, -0.15) is 8.78 Å². The van der Waals surface area contributed by atoms with E-state index in [1.807, 2.05) is 0 Å². The number of allylic oxidation sites excluding steroid dienone is 2. The van der Waals surface area contributed by atoms with Gasteiger partial charge in [0.05, 0.1) is 0 Å². The Morgan fingerprint density at radius 1 is 0.815 bits per heavy atom. The lowest BCUT2D eigenvalue weighted by Crippen LogP contribution is -2.36. The van der Waals surface area contributed by atoms with Crippen LogP contribution in [-0.4, -0.2) is 59.4 Å². The van der Waals surface area contributed by atoms with Crippen molar-refractivity contribution in [1.29, 1.82) is 0 Å². The molecule has 3 atom stereocenters. The Labute approximate surface area is 147 Å². The van der Waals surface area contributed by atoms with Crippen molar-refractivity contribution in [2.75, 3.05) is 0 Å². The summed E-state index contributed by atoms with van der Waals surface area (Å²) in [6, 6.07) is 0. The SMILES string of the molecule is CC(=CC(F)C(F)(F)C(F)F)C(=O)O.CC(=CC(F)C(F)C(F)F)C(=O)O. The summed E-state index contributed by atoms with van der Waals surface area (Å²) >= 11 is 0. The van der Waals surface area contributed by atoms with Gasteiger partial charge in [0.15, 0.2) is 18.5 Å². The minimum atomic E-state index is -4.86. The Hall–Kier alpha value is -2.21. The standard InChI is InChI=1S/C7H7F5O2.C7H8F4O2/c1-3(5(13)14)2-4(8)7(11,12)6(9)10;1-3(7(12)13)2-4(8)5(9)6(10)11/h2,4,6H,1H3,(H,13,14);2,4-6H,1H3,(H,12,13). The van der Waals surface area contributed by atoms with E-state index in [0.717, 1.165) is 13.8 Å². The monoisotopic (exact) mass is 418 g/mol. The van der Waals surface area contributed by atoms with Gasteiger partial charge < -0.3 is 10.2 Å². The molecule has 0 fully saturated rings. The maximum absolute atomic E-state index is 12.5. The second-order valence-electron chi connectivity index (χ2n) is 4.91. The highest BCUT2D eigenvalue weighted by Crippen LogP contribution is 2.30. The minimum Gasteiger partial charge on any atom is -0.478 e. The first-order valence-electron chi connectivity index (χ1n) is 6.75. The Balaban J connectivity index is 0. The molecule has 2 N–H and O–H groups in total. The van der Waals surface area contributed by atoms with Crippen molar-refractivity contribution in [3.8, 4) is 0 Å². The molecule has 0 spiro atoms. The van der Waals surface area contributed by atoms with Crippen molar-refractivity contribution in [2.45, 2.75) is 51.1 Å². The molecule has 0 aliphatic carbocycles. The van der Waals surface area contributed by atoms with E-state index in [1.165, 1.54) is 0 Å². The van der Waals surface area contributed by atoms with Crippen molar-refractivity contribution in [3.63, 3.8) is 0 Å². The zero-order valence-electron chi connectivity index (χ0n) is 13.7. The second-order valence-corrected chi connectivity index (χ2v) is 4.91. The first kappa shape index (κ1) is 27.0. The smallest absolute Gasteiger partial charge is 0.341 e. The third-order valence-electron chi connectivity index (χ3n) is 2.68. The predicted octanol–water partition coefficient (Wildman–Crippen LogP) is 4.21. The van der Waals surface area contributed by atoms with E-state index >= 15 is 0 Å². The molecule has 0 aromatic carbocycles. The molecule has 27 heavy (non-hydrogen) atoms. The molecule has 0 aliphatic heterocycles. The van der Waals surface area contributed by atoms with Crippen molar-refractivity contribution < 1.29 is 59.3 Å². The number of hydrogen-bond acceptors (Lipinski definition) is 2. The van der Waals surface area contributed by atoms with Crippen molar-refractivity contribution in [2.24, 2.45) is 0 Å². The predicted molar refractivity (Wildman–Crippen MR) is 74.4 cm³/mol. The van der Waals surface area contributed by atoms with Gasteiger partial charge in [-0.15, -0.1) is 0 Å². The molecule has 0 amide bonds. The number of carboxylic acids is 2. The van der Waals surface area contributed by atoms with Crippen molar-refractivity contribution >= 4 is 11.9 Å². The van der Waals surface area contributed by atoms with E-state index in [2.05, 4.69) is 0 Å². The average Bonchev–Trinajstić information content (AvgIpc) is 2.53. The van der Waals surface area contributed by atoms with Crippen LogP contribution in [0.2, 0.25) is 0 Å². The van der Waals surface area contributed by atoms with Crippen LogP contribution in [0.15, 0.2) is 23.3 Å². The van der Waals surface area contributed by atoms with Crippen LogP contribution >= 0.6 is 0 Å². The first-order valence-corrected chi connectivity index (χ1v) is 6.75. The molecule has 0 aliphatic rings. The van der Waals surface area contributed by atoms with E-state index in [-0.39, 0.29) is 6.08 Å². The van der Waals surface area contributed by atoms with Gasteiger partial charge in [0.2, 0.25) is 0 Å². The number of hydrogen-bond donors (Lipinski definition) is 2. The third kappa shape index (κ3) is 9.89. The van der Waals surface area contributed by atoms with Crippen LogP contribution in [0.25, 0.3) is 0 Å². The van der Waals surface area contributed by atoms with Crippen LogP contribution in [0.4, 0.5) is 39.5 Å². The van der Waals surface area contributed by atoms with Gasteiger partial charge in [0, 0.05) is 11.1 Å². The molecule has 0 bridgehead atoms. The molecule has 13 heteroatoms. The number of rotatable bonds is 8. The lowest BCUT2D eigenvalue weighted by molar-refractivity contribution is -0.159. The summed E-state index contributed by atoms with van der Waals surface area (Å²) in [5.41, 5.74) is -1.26. The minimum absolute atomic E-state index is 0.0471. The van der Waals surface area contributed by atoms with Gasteiger partial charge in [-0.1, -0.05) is 0 Å². The molecular weight excluding hydrogens is 403 g/mol. The van der Waals surface area contributed by atoms with E-state index < -0.39 is 60.4 Å². The summed E-state index contributed by atoms with van der Waals surface area (Å²) in [6.07, 6.45) is -16.2. The lowest BCUT2D eigenvalue weighted by Gasteiger charge is -2.17. The molecule has 3 unspecified atom stereocenters. The second kappa shape index (κ2) is 11.5. The largest absolute Gasteiger partial charge is 0.478 e.